The van der Waals surface area contributed by atoms with Crippen LogP contribution in [-0.4, -0.2) is 6.71 Å². The number of hydrogen-bond donors (Lipinski definition) is 0. The van der Waals surface area contributed by atoms with Crippen LogP contribution in [-0.2, 0) is 0 Å². The minimum Gasteiger partial charge on any atom is -0.207 e. The molecule has 0 fully saturated rings. The van der Waals surface area contributed by atoms with Crippen molar-refractivity contribution in [2.75, 3.05) is 0 Å². The van der Waals surface area contributed by atoms with E-state index in [1.807, 2.05) is 0 Å². The Morgan fingerprint density at radius 3 is 1.26 bits per heavy atom. The van der Waals surface area contributed by atoms with Crippen molar-refractivity contribution in [1.82, 2.24) is 0 Å². The van der Waals surface area contributed by atoms with E-state index in [2.05, 4.69) is 0 Å². The van der Waals surface area contributed by atoms with Gasteiger partial charge in [-0.15, -0.1) is 0 Å². The molecule has 0 unspecified atom stereocenters. The Hall–Kier alpha value is -5.29. The lowest BCUT2D eigenvalue weighted by atomic mass is 9.35. The Bertz CT molecular complexity index is 2450. The molecule has 0 saturated heterocycles. The highest BCUT2D eigenvalue weighted by molar-refractivity contribution is 6.97. The van der Waals surface area contributed by atoms with Gasteiger partial charge in [0.25, 0.3) is 6.71 Å². The number of fused-ring (bicyclic) bond motifs is 2. The molecule has 0 amide bonds. The van der Waals surface area contributed by atoms with Crippen molar-refractivity contribution in [3.63, 3.8) is 0 Å². The predicted molar refractivity (Wildman–Crippen MR) is 144 cm³/mol. The molecular formula is C32H6BF17. The molecule has 0 nitrogen and oxygen atoms in total. The van der Waals surface area contributed by atoms with Crippen LogP contribution in [0.25, 0.3) is 32.7 Å². The lowest BCUT2D eigenvalue weighted by Gasteiger charge is -2.24. The first-order valence-corrected chi connectivity index (χ1v) is 13.3. The first-order valence-electron chi connectivity index (χ1n) is 13.3. The zero-order valence-electron chi connectivity index (χ0n) is 23.5. The van der Waals surface area contributed by atoms with Crippen molar-refractivity contribution in [2.45, 2.75) is 0 Å². The van der Waals surface area contributed by atoms with E-state index in [9.17, 15) is 39.5 Å². The van der Waals surface area contributed by atoms with Gasteiger partial charge in [-0.05, 0) is 17.1 Å². The third-order valence-corrected chi connectivity index (χ3v) is 7.88. The van der Waals surface area contributed by atoms with Crippen LogP contribution in [0.2, 0.25) is 0 Å². The summed E-state index contributed by atoms with van der Waals surface area (Å²) in [6.07, 6.45) is 0. The van der Waals surface area contributed by atoms with Gasteiger partial charge in [-0.3, -0.25) is 0 Å². The summed E-state index contributed by atoms with van der Waals surface area (Å²) in [5.74, 6) is -44.8. The van der Waals surface area contributed by atoms with Crippen molar-refractivity contribution in [3.05, 3.63) is 135 Å². The van der Waals surface area contributed by atoms with Crippen LogP contribution in [0.4, 0.5) is 74.6 Å². The van der Waals surface area contributed by atoms with Crippen molar-refractivity contribution >= 4 is 44.6 Å². The van der Waals surface area contributed by atoms with Crippen molar-refractivity contribution < 1.29 is 74.6 Å². The number of benzene rings is 6. The maximum absolute atomic E-state index is 16.3. The molecule has 0 aliphatic carbocycles. The first-order chi connectivity index (χ1) is 23.4. The fourth-order valence-corrected chi connectivity index (χ4v) is 5.75. The van der Waals surface area contributed by atoms with E-state index in [-0.39, 0.29) is 12.1 Å². The molecule has 0 N–H and O–H groups in total. The standard InChI is InChI=1S/C32H6BF17/c34-7-5-9(18(36)11(35)6-7)8-3-1-2-4-10(8)33(17-25(43)30(48)32(50)31(49)26(17)44)16-12-13(21(39)27(45)24(16)42)20(38)15-14(19(12)37)22(40)28(46)29(47)23(15)41/h1-6H. The van der Waals surface area contributed by atoms with E-state index in [1.54, 1.807) is 0 Å². The topological polar surface area (TPSA) is 0 Å². The SMILES string of the molecule is Fc1cc(F)c(F)c(-c2ccccc2B(c2c(F)c(F)c(F)c(F)c2F)c2c(F)c(F)c(F)c3c(F)c4c(F)c(F)c(F)c(F)c4c(F)c23)c1. The third kappa shape index (κ3) is 4.70. The molecule has 6 aromatic carbocycles. The Labute approximate surface area is 266 Å². The zero-order chi connectivity index (χ0) is 36.8. The summed E-state index contributed by atoms with van der Waals surface area (Å²) < 4.78 is 255. The fourth-order valence-electron chi connectivity index (χ4n) is 5.75. The van der Waals surface area contributed by atoms with Gasteiger partial charge in [-0.2, -0.15) is 0 Å². The van der Waals surface area contributed by atoms with Gasteiger partial charge >= 0.3 is 0 Å². The Balaban J connectivity index is 1.94. The summed E-state index contributed by atoms with van der Waals surface area (Å²) in [7, 11) is 0. The highest BCUT2D eigenvalue weighted by Gasteiger charge is 2.42. The summed E-state index contributed by atoms with van der Waals surface area (Å²) in [6, 6.07) is 3.05. The molecule has 256 valence electrons. The lowest BCUT2D eigenvalue weighted by molar-refractivity contribution is 0.384. The average molecular weight is 724 g/mol. The minimum absolute atomic E-state index is 0.00950. The van der Waals surface area contributed by atoms with E-state index in [0.717, 1.165) is 12.1 Å². The van der Waals surface area contributed by atoms with Gasteiger partial charge in [0.05, 0.1) is 16.2 Å². The van der Waals surface area contributed by atoms with Gasteiger partial charge in [-0.25, -0.2) is 74.6 Å². The number of halogens is 17. The molecule has 18 heteroatoms. The zero-order valence-corrected chi connectivity index (χ0v) is 23.5. The molecule has 0 aliphatic rings. The van der Waals surface area contributed by atoms with Gasteiger partial charge < -0.3 is 0 Å². The molecule has 6 rings (SSSR count). The summed E-state index contributed by atoms with van der Waals surface area (Å²) >= 11 is 0. The highest BCUT2D eigenvalue weighted by atomic mass is 19.2. The maximum atomic E-state index is 16.3. The van der Waals surface area contributed by atoms with Crippen LogP contribution >= 0.6 is 0 Å². The van der Waals surface area contributed by atoms with E-state index < -0.39 is 155 Å². The molecule has 0 bridgehead atoms. The van der Waals surface area contributed by atoms with Gasteiger partial charge in [-0.1, -0.05) is 29.7 Å². The predicted octanol–water partition coefficient (Wildman–Crippen LogP) is 8.54. The van der Waals surface area contributed by atoms with Crippen molar-refractivity contribution in [3.8, 4) is 11.1 Å². The maximum Gasteiger partial charge on any atom is 0.254 e. The molecule has 0 aliphatic heterocycles. The molecule has 0 saturated carbocycles. The van der Waals surface area contributed by atoms with E-state index in [0.29, 0.717) is 12.1 Å². The highest BCUT2D eigenvalue weighted by Crippen LogP contribution is 2.38. The molecule has 0 spiro atoms. The van der Waals surface area contributed by atoms with Crippen LogP contribution in [0.1, 0.15) is 0 Å². The quantitative estimate of drug-likeness (QED) is 0.0563. The Kier molecular flexibility index (Phi) is 8.26. The van der Waals surface area contributed by atoms with Crippen LogP contribution in [0.5, 0.6) is 0 Å². The molecule has 50 heavy (non-hydrogen) atoms. The molecule has 6 aromatic rings. The van der Waals surface area contributed by atoms with E-state index in [4.69, 9.17) is 0 Å². The minimum atomic E-state index is -3.33. The summed E-state index contributed by atoms with van der Waals surface area (Å²) in [5.41, 5.74) is -7.95. The normalized spacial score (nSPS) is 11.7. The lowest BCUT2D eigenvalue weighted by Crippen LogP contribution is -2.57. The molecule has 0 radical (unpaired) electrons. The van der Waals surface area contributed by atoms with Gasteiger partial charge in [0.2, 0.25) is 0 Å². The van der Waals surface area contributed by atoms with Gasteiger partial charge in [0.15, 0.2) is 81.4 Å². The van der Waals surface area contributed by atoms with Gasteiger partial charge in [0.1, 0.15) is 17.5 Å². The second-order valence-corrected chi connectivity index (χ2v) is 10.5. The molecule has 0 atom stereocenters. The Morgan fingerprint density at radius 1 is 0.320 bits per heavy atom. The number of hydrogen-bond acceptors (Lipinski definition) is 0. The monoisotopic (exact) mass is 724 g/mol. The van der Waals surface area contributed by atoms with Gasteiger partial charge in [0, 0.05) is 22.5 Å². The third-order valence-electron chi connectivity index (χ3n) is 7.88. The van der Waals surface area contributed by atoms with Crippen LogP contribution < -0.4 is 16.4 Å². The van der Waals surface area contributed by atoms with E-state index >= 15 is 35.1 Å². The second-order valence-electron chi connectivity index (χ2n) is 10.5. The largest absolute Gasteiger partial charge is 0.254 e. The van der Waals surface area contributed by atoms with Crippen LogP contribution in [0.15, 0.2) is 36.4 Å². The molecular weight excluding hydrogens is 718 g/mol. The average Bonchev–Trinajstić information content (AvgIpc) is 3.08. The molecule has 0 aromatic heterocycles. The fraction of sp³-hybridized carbons (Fsp3) is 0. The summed E-state index contributed by atoms with van der Waals surface area (Å²) in [4.78, 5) is 0. The second kappa shape index (κ2) is 11.9. The van der Waals surface area contributed by atoms with Crippen molar-refractivity contribution in [2.24, 2.45) is 0 Å². The number of rotatable bonds is 4. The van der Waals surface area contributed by atoms with Crippen LogP contribution in [0.3, 0.4) is 0 Å². The molecule has 0 heterocycles. The first kappa shape index (κ1) is 34.6. The van der Waals surface area contributed by atoms with Crippen molar-refractivity contribution in [1.29, 1.82) is 0 Å². The van der Waals surface area contributed by atoms with Crippen LogP contribution in [0, 0.1) is 98.9 Å². The van der Waals surface area contributed by atoms with E-state index in [1.165, 1.54) is 0 Å². The summed E-state index contributed by atoms with van der Waals surface area (Å²) in [5, 5.41) is -8.96. The smallest absolute Gasteiger partial charge is 0.207 e. The Morgan fingerprint density at radius 2 is 0.720 bits per heavy atom. The summed E-state index contributed by atoms with van der Waals surface area (Å²) in [6.45, 7) is -3.33.